The molecule has 0 saturated carbocycles. The predicted molar refractivity (Wildman–Crippen MR) is 86.4 cm³/mol. The minimum Gasteiger partial charge on any atom is -0.497 e. The van der Waals surface area contributed by atoms with Crippen LogP contribution < -0.4 is 14.8 Å². The van der Waals surface area contributed by atoms with Crippen molar-refractivity contribution in [3.05, 3.63) is 60.2 Å². The Labute approximate surface area is 131 Å². The van der Waals surface area contributed by atoms with Crippen molar-refractivity contribution >= 4 is 5.91 Å². The van der Waals surface area contributed by atoms with Gasteiger partial charge >= 0.3 is 0 Å². The topological polar surface area (TPSA) is 47.6 Å². The van der Waals surface area contributed by atoms with E-state index in [4.69, 9.17) is 9.47 Å². The van der Waals surface area contributed by atoms with Crippen LogP contribution >= 0.6 is 0 Å². The zero-order valence-corrected chi connectivity index (χ0v) is 12.9. The van der Waals surface area contributed by atoms with Gasteiger partial charge in [0, 0.05) is 6.54 Å². The van der Waals surface area contributed by atoms with Crippen LogP contribution in [0.3, 0.4) is 0 Å². The Morgan fingerprint density at radius 3 is 2.32 bits per heavy atom. The molecule has 0 saturated heterocycles. The van der Waals surface area contributed by atoms with Gasteiger partial charge in [-0.3, -0.25) is 4.79 Å². The summed E-state index contributed by atoms with van der Waals surface area (Å²) in [6.45, 7) is 2.68. The van der Waals surface area contributed by atoms with Crippen molar-refractivity contribution in [2.24, 2.45) is 0 Å². The summed E-state index contributed by atoms with van der Waals surface area (Å²) < 4.78 is 10.5. The summed E-state index contributed by atoms with van der Waals surface area (Å²) in [6, 6.07) is 17.3. The summed E-state index contributed by atoms with van der Waals surface area (Å²) in [7, 11) is 1.61. The van der Waals surface area contributed by atoms with Gasteiger partial charge in [-0.15, -0.1) is 0 Å². The van der Waals surface area contributed by atoms with Gasteiger partial charge in [-0.05, 0) is 35.7 Å². The van der Waals surface area contributed by atoms with Crippen molar-refractivity contribution in [2.75, 3.05) is 20.3 Å². The van der Waals surface area contributed by atoms with Crippen molar-refractivity contribution in [1.29, 1.82) is 0 Å². The van der Waals surface area contributed by atoms with Crippen LogP contribution in [0.2, 0.25) is 0 Å². The maximum absolute atomic E-state index is 11.8. The standard InChI is InChI=1S/C18H21NO3/c1-14(15-6-4-3-5-7-15)12-19-18(20)13-22-17-10-8-16(21-2)9-11-17/h3-11,14H,12-13H2,1-2H3,(H,19,20)/t14-/m0/s1. The molecule has 1 amide bonds. The number of hydrogen-bond acceptors (Lipinski definition) is 3. The molecule has 1 N–H and O–H groups in total. The number of hydrogen-bond donors (Lipinski definition) is 1. The van der Waals surface area contributed by atoms with Crippen LogP contribution in [0.5, 0.6) is 11.5 Å². The van der Waals surface area contributed by atoms with Crippen molar-refractivity contribution in [1.82, 2.24) is 5.32 Å². The van der Waals surface area contributed by atoms with Crippen LogP contribution in [0.15, 0.2) is 54.6 Å². The highest BCUT2D eigenvalue weighted by atomic mass is 16.5. The van der Waals surface area contributed by atoms with E-state index in [9.17, 15) is 4.79 Å². The van der Waals surface area contributed by atoms with Gasteiger partial charge in [-0.2, -0.15) is 0 Å². The monoisotopic (exact) mass is 299 g/mol. The minimum absolute atomic E-state index is 0.00778. The van der Waals surface area contributed by atoms with Gasteiger partial charge in [-0.1, -0.05) is 37.3 Å². The van der Waals surface area contributed by atoms with Crippen LogP contribution in [-0.2, 0) is 4.79 Å². The first-order chi connectivity index (χ1) is 10.7. The normalized spacial score (nSPS) is 11.5. The van der Waals surface area contributed by atoms with Gasteiger partial charge in [0.1, 0.15) is 11.5 Å². The van der Waals surface area contributed by atoms with Gasteiger partial charge in [0.15, 0.2) is 6.61 Å². The third-order valence-corrected chi connectivity index (χ3v) is 3.40. The Hall–Kier alpha value is -2.49. The lowest BCUT2D eigenvalue weighted by Crippen LogP contribution is -2.31. The van der Waals surface area contributed by atoms with E-state index in [-0.39, 0.29) is 18.4 Å². The fourth-order valence-electron chi connectivity index (χ4n) is 2.04. The van der Waals surface area contributed by atoms with Gasteiger partial charge < -0.3 is 14.8 Å². The van der Waals surface area contributed by atoms with Gasteiger partial charge in [0.25, 0.3) is 5.91 Å². The van der Waals surface area contributed by atoms with E-state index in [0.717, 1.165) is 5.75 Å². The van der Waals surface area contributed by atoms with Crippen LogP contribution in [0.4, 0.5) is 0 Å². The number of ether oxygens (including phenoxy) is 2. The molecule has 2 aromatic rings. The number of amides is 1. The Balaban J connectivity index is 1.73. The predicted octanol–water partition coefficient (Wildman–Crippen LogP) is 2.99. The first-order valence-corrected chi connectivity index (χ1v) is 7.27. The molecule has 1 atom stereocenters. The van der Waals surface area contributed by atoms with Crippen molar-refractivity contribution in [3.8, 4) is 11.5 Å². The molecule has 0 unspecified atom stereocenters. The van der Waals surface area contributed by atoms with E-state index >= 15 is 0 Å². The zero-order valence-electron chi connectivity index (χ0n) is 12.9. The molecule has 0 radical (unpaired) electrons. The molecular formula is C18H21NO3. The second-order valence-corrected chi connectivity index (χ2v) is 5.08. The molecule has 2 aromatic carbocycles. The van der Waals surface area contributed by atoms with Crippen LogP contribution in [-0.4, -0.2) is 26.2 Å². The summed E-state index contributed by atoms with van der Waals surface area (Å²) in [5.41, 5.74) is 1.21. The summed E-state index contributed by atoms with van der Waals surface area (Å²) in [5.74, 6) is 1.55. The summed E-state index contributed by atoms with van der Waals surface area (Å²) in [5, 5.41) is 2.89. The fourth-order valence-corrected chi connectivity index (χ4v) is 2.04. The molecular weight excluding hydrogens is 278 g/mol. The summed E-state index contributed by atoms with van der Waals surface area (Å²) >= 11 is 0. The zero-order chi connectivity index (χ0) is 15.8. The molecule has 0 fully saturated rings. The van der Waals surface area contributed by atoms with Crippen molar-refractivity contribution in [3.63, 3.8) is 0 Å². The molecule has 4 nitrogen and oxygen atoms in total. The fraction of sp³-hybridized carbons (Fsp3) is 0.278. The molecule has 0 bridgehead atoms. The van der Waals surface area contributed by atoms with Crippen LogP contribution in [0.25, 0.3) is 0 Å². The third kappa shape index (κ3) is 4.81. The second kappa shape index (κ2) is 8.08. The Bertz CT molecular complexity index is 581. The van der Waals surface area contributed by atoms with E-state index < -0.39 is 0 Å². The number of methoxy groups -OCH3 is 1. The smallest absolute Gasteiger partial charge is 0.257 e. The SMILES string of the molecule is COc1ccc(OCC(=O)NC[C@H](C)c2ccccc2)cc1. The number of carbonyl (C=O) groups excluding carboxylic acids is 1. The van der Waals surface area contributed by atoms with E-state index in [0.29, 0.717) is 12.3 Å². The molecule has 0 aromatic heterocycles. The van der Waals surface area contributed by atoms with Gasteiger partial charge in [0.05, 0.1) is 7.11 Å². The van der Waals surface area contributed by atoms with Gasteiger partial charge in [0.2, 0.25) is 0 Å². The number of nitrogens with one attached hydrogen (secondary N) is 1. The molecule has 0 aliphatic heterocycles. The molecule has 0 aliphatic rings. The van der Waals surface area contributed by atoms with E-state index in [1.54, 1.807) is 31.4 Å². The lowest BCUT2D eigenvalue weighted by Gasteiger charge is -2.13. The lowest BCUT2D eigenvalue weighted by atomic mass is 10.0. The second-order valence-electron chi connectivity index (χ2n) is 5.08. The van der Waals surface area contributed by atoms with Crippen LogP contribution in [0, 0.1) is 0 Å². The highest BCUT2D eigenvalue weighted by Crippen LogP contribution is 2.17. The summed E-state index contributed by atoms with van der Waals surface area (Å²) in [4.78, 5) is 11.8. The number of rotatable bonds is 7. The number of benzene rings is 2. The van der Waals surface area contributed by atoms with Crippen molar-refractivity contribution < 1.29 is 14.3 Å². The maximum Gasteiger partial charge on any atom is 0.257 e. The first kappa shape index (κ1) is 15.9. The Morgan fingerprint density at radius 1 is 1.05 bits per heavy atom. The molecule has 2 rings (SSSR count). The Morgan fingerprint density at radius 2 is 1.68 bits per heavy atom. The Kier molecular flexibility index (Phi) is 5.83. The van der Waals surface area contributed by atoms with E-state index in [1.165, 1.54) is 5.56 Å². The number of carbonyl (C=O) groups is 1. The average Bonchev–Trinajstić information content (AvgIpc) is 2.59. The quantitative estimate of drug-likeness (QED) is 0.855. The highest BCUT2D eigenvalue weighted by molar-refractivity contribution is 5.77. The maximum atomic E-state index is 11.8. The summed E-state index contributed by atoms with van der Waals surface area (Å²) in [6.07, 6.45) is 0. The molecule has 0 spiro atoms. The first-order valence-electron chi connectivity index (χ1n) is 7.27. The molecule has 0 heterocycles. The average molecular weight is 299 g/mol. The molecule has 116 valence electrons. The van der Waals surface area contributed by atoms with E-state index in [1.807, 2.05) is 18.2 Å². The largest absolute Gasteiger partial charge is 0.497 e. The third-order valence-electron chi connectivity index (χ3n) is 3.40. The van der Waals surface area contributed by atoms with Gasteiger partial charge in [-0.25, -0.2) is 0 Å². The molecule has 22 heavy (non-hydrogen) atoms. The van der Waals surface area contributed by atoms with Crippen LogP contribution in [0.1, 0.15) is 18.4 Å². The minimum atomic E-state index is -0.126. The molecule has 4 heteroatoms. The van der Waals surface area contributed by atoms with Crippen molar-refractivity contribution in [2.45, 2.75) is 12.8 Å². The van der Waals surface area contributed by atoms with E-state index in [2.05, 4.69) is 24.4 Å². The molecule has 0 aliphatic carbocycles. The lowest BCUT2D eigenvalue weighted by molar-refractivity contribution is -0.123. The highest BCUT2D eigenvalue weighted by Gasteiger charge is 2.08.